The van der Waals surface area contributed by atoms with Crippen molar-refractivity contribution in [2.45, 2.75) is 44.3 Å². The highest BCUT2D eigenvalue weighted by atomic mass is 19.4. The minimum Gasteiger partial charge on any atom is -0.382 e. The smallest absolute Gasteiger partial charge is 0.382 e. The van der Waals surface area contributed by atoms with Gasteiger partial charge in [-0.05, 0) is 62.3 Å². The topological polar surface area (TPSA) is 83.9 Å². The second-order valence-electron chi connectivity index (χ2n) is 10.6. The first-order chi connectivity index (χ1) is 18.6. The molecular weight excluding hydrogens is 505 g/mol. The molecular formula is C29H33F3N6O. The number of nitrogens with zero attached hydrogens (tertiary/aromatic N) is 3. The van der Waals surface area contributed by atoms with E-state index in [1.807, 2.05) is 6.07 Å². The maximum atomic E-state index is 13.7. The van der Waals surface area contributed by atoms with Crippen molar-refractivity contribution in [1.29, 1.82) is 0 Å². The van der Waals surface area contributed by atoms with E-state index in [1.165, 1.54) is 17.3 Å². The summed E-state index contributed by atoms with van der Waals surface area (Å²) >= 11 is 0. The van der Waals surface area contributed by atoms with Crippen LogP contribution < -0.4 is 16.0 Å². The summed E-state index contributed by atoms with van der Waals surface area (Å²) in [6, 6.07) is 7.36. The summed E-state index contributed by atoms with van der Waals surface area (Å²) in [6.45, 7) is 5.65. The van der Waals surface area contributed by atoms with Gasteiger partial charge in [0.05, 0.1) is 28.7 Å². The van der Waals surface area contributed by atoms with Crippen LogP contribution in [-0.2, 0) is 7.05 Å². The van der Waals surface area contributed by atoms with E-state index >= 15 is 0 Å². The number of amides is 1. The van der Waals surface area contributed by atoms with Crippen LogP contribution >= 0.6 is 0 Å². The van der Waals surface area contributed by atoms with Crippen LogP contribution in [0.4, 0.5) is 18.9 Å². The van der Waals surface area contributed by atoms with Gasteiger partial charge in [-0.2, -0.15) is 18.3 Å². The Hall–Kier alpha value is -3.66. The number of aromatic nitrogens is 3. The van der Waals surface area contributed by atoms with Crippen molar-refractivity contribution in [1.82, 2.24) is 25.4 Å². The molecule has 3 N–H and O–H groups in total. The van der Waals surface area contributed by atoms with Crippen LogP contribution in [0.1, 0.15) is 53.8 Å². The normalized spacial score (nSPS) is 21.6. The van der Waals surface area contributed by atoms with Crippen molar-refractivity contribution >= 4 is 34.0 Å². The van der Waals surface area contributed by atoms with Gasteiger partial charge in [0.15, 0.2) is 0 Å². The molecule has 2 fully saturated rings. The van der Waals surface area contributed by atoms with E-state index in [4.69, 9.17) is 0 Å². The Balaban J connectivity index is 1.38. The Bertz CT molecular complexity index is 1390. The number of benzene rings is 1. The molecule has 7 nitrogen and oxygen atoms in total. The minimum atomic E-state index is -4.61. The fourth-order valence-corrected chi connectivity index (χ4v) is 5.66. The summed E-state index contributed by atoms with van der Waals surface area (Å²) in [5.41, 5.74) is 0.777. The summed E-state index contributed by atoms with van der Waals surface area (Å²) in [6.07, 6.45) is 7.26. The zero-order chi connectivity index (χ0) is 27.6. The lowest BCUT2D eigenvalue weighted by Gasteiger charge is -2.37. The highest BCUT2D eigenvalue weighted by Gasteiger charge is 2.38. The number of nitrogens with one attached hydrogen (secondary N) is 3. The average molecular weight is 539 g/mol. The van der Waals surface area contributed by atoms with Gasteiger partial charge in [-0.15, -0.1) is 0 Å². The van der Waals surface area contributed by atoms with Crippen molar-refractivity contribution in [3.05, 3.63) is 66.3 Å². The van der Waals surface area contributed by atoms with Crippen LogP contribution in [0.3, 0.4) is 0 Å². The SMILES string of the molecule is C=C(c1nc(/C=C/CNC(=O)c2cnn(C)c2)cc2c(NC3CCC4(CCNC4)CC3)cccc12)C(F)(F)F. The van der Waals surface area contributed by atoms with Crippen LogP contribution in [0.2, 0.25) is 0 Å². The van der Waals surface area contributed by atoms with Crippen LogP contribution in [-0.4, -0.2) is 52.5 Å². The molecule has 0 radical (unpaired) electrons. The van der Waals surface area contributed by atoms with Gasteiger partial charge in [-0.1, -0.05) is 24.8 Å². The number of pyridine rings is 1. The van der Waals surface area contributed by atoms with Crippen molar-refractivity contribution in [2.24, 2.45) is 12.5 Å². The van der Waals surface area contributed by atoms with E-state index in [0.717, 1.165) is 44.5 Å². The van der Waals surface area contributed by atoms with E-state index in [1.54, 1.807) is 43.6 Å². The van der Waals surface area contributed by atoms with Gasteiger partial charge >= 0.3 is 6.18 Å². The van der Waals surface area contributed by atoms with Crippen LogP contribution in [0.25, 0.3) is 22.4 Å². The molecule has 2 aliphatic rings. The molecule has 1 aliphatic carbocycles. The van der Waals surface area contributed by atoms with E-state index in [0.29, 0.717) is 27.4 Å². The first-order valence-electron chi connectivity index (χ1n) is 13.2. The summed E-state index contributed by atoms with van der Waals surface area (Å²) in [5.74, 6) is -0.292. The number of halogens is 3. The minimum absolute atomic E-state index is 0.182. The number of hydrogen-bond acceptors (Lipinski definition) is 5. The van der Waals surface area contributed by atoms with E-state index in [-0.39, 0.29) is 24.2 Å². The van der Waals surface area contributed by atoms with Crippen molar-refractivity contribution in [3.8, 4) is 0 Å². The van der Waals surface area contributed by atoms with E-state index in [9.17, 15) is 18.0 Å². The highest BCUT2D eigenvalue weighted by molar-refractivity contribution is 6.01. The second kappa shape index (κ2) is 10.8. The molecule has 1 amide bonds. The van der Waals surface area contributed by atoms with Gasteiger partial charge in [-0.25, -0.2) is 4.98 Å². The van der Waals surface area contributed by atoms with Crippen molar-refractivity contribution < 1.29 is 18.0 Å². The Kier molecular flexibility index (Phi) is 7.48. The van der Waals surface area contributed by atoms with E-state index < -0.39 is 11.7 Å². The molecule has 3 aromatic rings. The molecule has 5 rings (SSSR count). The Labute approximate surface area is 225 Å². The highest BCUT2D eigenvalue weighted by Crippen LogP contribution is 2.42. The van der Waals surface area contributed by atoms with Gasteiger partial charge in [0.1, 0.15) is 0 Å². The number of fused-ring (bicyclic) bond motifs is 1. The third-order valence-corrected chi connectivity index (χ3v) is 7.90. The molecule has 1 aliphatic heterocycles. The molecule has 1 saturated heterocycles. The molecule has 2 aromatic heterocycles. The van der Waals surface area contributed by atoms with Gasteiger partial charge < -0.3 is 16.0 Å². The molecule has 3 heterocycles. The van der Waals surface area contributed by atoms with Gasteiger partial charge in [0.2, 0.25) is 0 Å². The number of hydrogen-bond donors (Lipinski definition) is 3. The number of alkyl halides is 3. The second-order valence-corrected chi connectivity index (χ2v) is 10.6. The standard InChI is InChI=1S/C29H33F3N6O/c1-19(29(30,31)32)26-23-6-3-7-25(36-21-8-10-28(11-9-21)12-14-33-18-28)24(23)15-22(37-26)5-4-13-34-27(39)20-16-35-38(2)17-20/h3-7,15-17,21,33,36H,1,8-14,18H2,2H3,(H,34,39)/b5-4+. The fourth-order valence-electron chi connectivity index (χ4n) is 5.66. The monoisotopic (exact) mass is 538 g/mol. The molecule has 1 aromatic carbocycles. The van der Waals surface area contributed by atoms with Crippen molar-refractivity contribution in [3.63, 3.8) is 0 Å². The Morgan fingerprint density at radius 2 is 2.05 bits per heavy atom. The first kappa shape index (κ1) is 26.9. The van der Waals surface area contributed by atoms with Crippen LogP contribution in [0.5, 0.6) is 0 Å². The lowest BCUT2D eigenvalue weighted by Crippen LogP contribution is -2.34. The average Bonchev–Trinajstić information content (AvgIpc) is 3.56. The summed E-state index contributed by atoms with van der Waals surface area (Å²) in [5, 5.41) is 14.9. The number of anilines is 1. The van der Waals surface area contributed by atoms with Crippen LogP contribution in [0, 0.1) is 5.41 Å². The Morgan fingerprint density at radius 3 is 2.72 bits per heavy atom. The zero-order valence-electron chi connectivity index (χ0n) is 21.9. The fraction of sp³-hybridized carbons (Fsp3) is 0.414. The molecule has 1 saturated carbocycles. The lowest BCUT2D eigenvalue weighted by molar-refractivity contribution is -0.0688. The largest absolute Gasteiger partial charge is 0.417 e. The predicted octanol–water partition coefficient (Wildman–Crippen LogP) is 5.32. The Morgan fingerprint density at radius 1 is 1.26 bits per heavy atom. The van der Waals surface area contributed by atoms with Gasteiger partial charge in [-0.3, -0.25) is 9.48 Å². The van der Waals surface area contributed by atoms with Gasteiger partial charge in [0, 0.05) is 48.8 Å². The molecule has 0 bridgehead atoms. The maximum absolute atomic E-state index is 13.7. The first-order valence-corrected chi connectivity index (χ1v) is 13.2. The van der Waals surface area contributed by atoms with Gasteiger partial charge in [0.25, 0.3) is 5.91 Å². The molecule has 10 heteroatoms. The molecule has 206 valence electrons. The number of carbonyl (C=O) groups excluding carboxylic acids is 1. The number of carbonyl (C=O) groups is 1. The maximum Gasteiger partial charge on any atom is 0.417 e. The summed E-state index contributed by atoms with van der Waals surface area (Å²) in [4.78, 5) is 16.6. The number of rotatable bonds is 7. The number of aryl methyl sites for hydroxylation is 1. The van der Waals surface area contributed by atoms with Crippen LogP contribution in [0.15, 0.2) is 49.3 Å². The summed E-state index contributed by atoms with van der Waals surface area (Å²) in [7, 11) is 1.72. The summed E-state index contributed by atoms with van der Waals surface area (Å²) < 4.78 is 42.7. The molecule has 39 heavy (non-hydrogen) atoms. The molecule has 1 spiro atoms. The molecule has 0 unspecified atom stereocenters. The third kappa shape index (κ3) is 6.00. The van der Waals surface area contributed by atoms with E-state index in [2.05, 4.69) is 32.6 Å². The predicted molar refractivity (Wildman–Crippen MR) is 147 cm³/mol. The number of allylic oxidation sites excluding steroid dienone is 1. The quantitative estimate of drug-likeness (QED) is 0.379. The van der Waals surface area contributed by atoms with Crippen molar-refractivity contribution in [2.75, 3.05) is 25.0 Å². The zero-order valence-corrected chi connectivity index (χ0v) is 21.9. The molecule has 0 atom stereocenters. The lowest BCUT2D eigenvalue weighted by atomic mass is 9.72. The third-order valence-electron chi connectivity index (χ3n) is 7.90.